The number of carbonyl (C=O) groups is 2. The first-order valence-corrected chi connectivity index (χ1v) is 6.42. The summed E-state index contributed by atoms with van der Waals surface area (Å²) in [6, 6.07) is 4.55. The molecule has 1 aromatic carbocycles. The Hall–Kier alpha value is -2.24. The van der Waals surface area contributed by atoms with Gasteiger partial charge in [0.25, 0.3) is 0 Å². The van der Waals surface area contributed by atoms with Crippen LogP contribution in [0, 0.1) is 0 Å². The van der Waals surface area contributed by atoms with Gasteiger partial charge in [-0.05, 0) is 18.6 Å². The summed E-state index contributed by atoms with van der Waals surface area (Å²) in [6.07, 6.45) is 1.02. The zero-order chi connectivity index (χ0) is 15.0. The Kier molecular flexibility index (Phi) is 6.36. The van der Waals surface area contributed by atoms with Crippen molar-refractivity contribution in [2.75, 3.05) is 20.3 Å². The summed E-state index contributed by atoms with van der Waals surface area (Å²) in [4.78, 5) is 22.2. The number of hydrogen-bond donors (Lipinski definition) is 2. The number of carbonyl (C=O) groups excluding carboxylic acids is 1. The van der Waals surface area contributed by atoms with E-state index in [9.17, 15) is 9.59 Å². The number of amides is 1. The predicted molar refractivity (Wildman–Crippen MR) is 73.4 cm³/mol. The van der Waals surface area contributed by atoms with Crippen molar-refractivity contribution in [2.45, 2.75) is 19.8 Å². The van der Waals surface area contributed by atoms with E-state index in [0.717, 1.165) is 6.42 Å². The molecule has 0 fully saturated rings. The smallest absolute Gasteiger partial charge is 0.339 e. The molecule has 0 heterocycles. The van der Waals surface area contributed by atoms with Gasteiger partial charge in [-0.25, -0.2) is 4.79 Å². The molecule has 0 unspecified atom stereocenters. The van der Waals surface area contributed by atoms with Crippen LogP contribution in [-0.4, -0.2) is 37.2 Å². The number of benzene rings is 1. The highest BCUT2D eigenvalue weighted by atomic mass is 16.5. The van der Waals surface area contributed by atoms with E-state index in [4.69, 9.17) is 14.6 Å². The molecule has 0 radical (unpaired) electrons. The molecule has 0 spiro atoms. The zero-order valence-electron chi connectivity index (χ0n) is 11.6. The zero-order valence-corrected chi connectivity index (χ0v) is 11.6. The van der Waals surface area contributed by atoms with E-state index >= 15 is 0 Å². The van der Waals surface area contributed by atoms with Crippen LogP contribution in [0.4, 0.5) is 0 Å². The van der Waals surface area contributed by atoms with Crippen molar-refractivity contribution in [3.63, 3.8) is 0 Å². The summed E-state index contributed by atoms with van der Waals surface area (Å²) in [5.41, 5.74) is 0.0470. The van der Waals surface area contributed by atoms with Gasteiger partial charge in [-0.2, -0.15) is 0 Å². The van der Waals surface area contributed by atoms with Gasteiger partial charge in [0.1, 0.15) is 17.1 Å². The topological polar surface area (TPSA) is 84.9 Å². The third-order valence-corrected chi connectivity index (χ3v) is 2.52. The van der Waals surface area contributed by atoms with Crippen molar-refractivity contribution in [2.24, 2.45) is 0 Å². The lowest BCUT2D eigenvalue weighted by atomic mass is 10.2. The second-order valence-electron chi connectivity index (χ2n) is 4.08. The Bertz CT molecular complexity index is 473. The van der Waals surface area contributed by atoms with Crippen LogP contribution >= 0.6 is 0 Å². The summed E-state index contributed by atoms with van der Waals surface area (Å²) in [7, 11) is 1.53. The van der Waals surface area contributed by atoms with Crippen LogP contribution in [-0.2, 0) is 4.79 Å². The quantitative estimate of drug-likeness (QED) is 0.757. The van der Waals surface area contributed by atoms with Crippen molar-refractivity contribution in [3.8, 4) is 11.5 Å². The molecule has 2 N–H and O–H groups in total. The van der Waals surface area contributed by atoms with E-state index in [1.54, 1.807) is 6.07 Å². The molecule has 0 bridgehead atoms. The summed E-state index contributed by atoms with van der Waals surface area (Å²) >= 11 is 0. The highest BCUT2D eigenvalue weighted by Gasteiger charge is 2.13. The molecule has 6 nitrogen and oxygen atoms in total. The van der Waals surface area contributed by atoms with Crippen molar-refractivity contribution in [3.05, 3.63) is 23.8 Å². The summed E-state index contributed by atoms with van der Waals surface area (Å²) in [5, 5.41) is 11.6. The molecule has 1 rings (SSSR count). The number of carboxylic acid groups (broad SMARTS) is 1. The van der Waals surface area contributed by atoms with Crippen molar-refractivity contribution >= 4 is 11.9 Å². The Morgan fingerprint density at radius 2 is 2.00 bits per heavy atom. The van der Waals surface area contributed by atoms with Crippen molar-refractivity contribution < 1.29 is 24.2 Å². The molecule has 1 aromatic rings. The molecular formula is C14H19NO5. The van der Waals surface area contributed by atoms with Gasteiger partial charge in [0.2, 0.25) is 5.91 Å². The fraction of sp³-hybridized carbons (Fsp3) is 0.429. The van der Waals surface area contributed by atoms with Gasteiger partial charge >= 0.3 is 5.97 Å². The van der Waals surface area contributed by atoms with Gasteiger partial charge < -0.3 is 19.9 Å². The van der Waals surface area contributed by atoms with Crippen molar-refractivity contribution in [1.29, 1.82) is 0 Å². The molecule has 1 amide bonds. The lowest BCUT2D eigenvalue weighted by Gasteiger charge is -2.11. The summed E-state index contributed by atoms with van der Waals surface area (Å²) in [5.74, 6) is -0.496. The number of rotatable bonds is 8. The number of ether oxygens (including phenoxy) is 2. The van der Waals surface area contributed by atoms with Crippen LogP contribution in [0.2, 0.25) is 0 Å². The van der Waals surface area contributed by atoms with E-state index in [0.29, 0.717) is 12.4 Å². The number of nitrogens with one attached hydrogen (secondary N) is 1. The van der Waals surface area contributed by atoms with Crippen LogP contribution in [0.25, 0.3) is 0 Å². The fourth-order valence-corrected chi connectivity index (χ4v) is 1.49. The predicted octanol–water partition coefficient (Wildman–Crippen LogP) is 1.69. The van der Waals surface area contributed by atoms with Crippen LogP contribution in [0.1, 0.15) is 30.1 Å². The minimum Gasteiger partial charge on any atom is -0.493 e. The van der Waals surface area contributed by atoms with E-state index in [1.807, 2.05) is 6.92 Å². The minimum atomic E-state index is -1.08. The largest absolute Gasteiger partial charge is 0.493 e. The van der Waals surface area contributed by atoms with E-state index < -0.39 is 5.97 Å². The van der Waals surface area contributed by atoms with Crippen LogP contribution in [0.15, 0.2) is 18.2 Å². The average molecular weight is 281 g/mol. The van der Waals surface area contributed by atoms with E-state index in [1.165, 1.54) is 19.2 Å². The molecule has 0 atom stereocenters. The molecule has 6 heteroatoms. The lowest BCUT2D eigenvalue weighted by molar-refractivity contribution is -0.121. The number of hydrogen-bond acceptors (Lipinski definition) is 4. The first kappa shape index (κ1) is 15.8. The molecule has 110 valence electrons. The highest BCUT2D eigenvalue weighted by Crippen LogP contribution is 2.25. The normalized spacial score (nSPS) is 9.90. The first-order chi connectivity index (χ1) is 9.58. The van der Waals surface area contributed by atoms with Gasteiger partial charge in [-0.15, -0.1) is 0 Å². The Morgan fingerprint density at radius 1 is 1.25 bits per heavy atom. The maximum atomic E-state index is 11.1. The lowest BCUT2D eigenvalue weighted by Crippen LogP contribution is -2.20. The Labute approximate surface area is 117 Å². The van der Waals surface area contributed by atoms with Crippen LogP contribution in [0.5, 0.6) is 11.5 Å². The molecule has 0 saturated carbocycles. The van der Waals surface area contributed by atoms with Gasteiger partial charge in [-0.1, -0.05) is 6.92 Å². The SMILES string of the molecule is CCCOc1ccc(C(=O)O)c(OCCC(=O)NC)c1. The Morgan fingerprint density at radius 3 is 2.60 bits per heavy atom. The molecule has 20 heavy (non-hydrogen) atoms. The molecule has 0 aliphatic rings. The van der Waals surface area contributed by atoms with Crippen LogP contribution in [0.3, 0.4) is 0 Å². The van der Waals surface area contributed by atoms with Crippen molar-refractivity contribution in [1.82, 2.24) is 5.32 Å². The van der Waals surface area contributed by atoms with Gasteiger partial charge in [-0.3, -0.25) is 4.79 Å². The monoisotopic (exact) mass is 281 g/mol. The van der Waals surface area contributed by atoms with Gasteiger partial charge in [0.15, 0.2) is 0 Å². The van der Waals surface area contributed by atoms with E-state index in [-0.39, 0.29) is 30.2 Å². The average Bonchev–Trinajstić information content (AvgIpc) is 2.44. The molecule has 0 saturated heterocycles. The summed E-state index contributed by atoms with van der Waals surface area (Å²) in [6.45, 7) is 2.63. The van der Waals surface area contributed by atoms with E-state index in [2.05, 4.69) is 5.32 Å². The van der Waals surface area contributed by atoms with Gasteiger partial charge in [0, 0.05) is 13.1 Å². The molecule has 0 aromatic heterocycles. The fourth-order valence-electron chi connectivity index (χ4n) is 1.49. The standard InChI is InChI=1S/C14H19NO5/c1-3-7-19-10-4-5-11(14(17)18)12(9-10)20-8-6-13(16)15-2/h4-5,9H,3,6-8H2,1-2H3,(H,15,16)(H,17,18). The van der Waals surface area contributed by atoms with Crippen LogP contribution < -0.4 is 14.8 Å². The molecular weight excluding hydrogens is 262 g/mol. The third kappa shape index (κ3) is 4.79. The third-order valence-electron chi connectivity index (χ3n) is 2.52. The maximum absolute atomic E-state index is 11.1. The second-order valence-corrected chi connectivity index (χ2v) is 4.08. The molecule has 0 aliphatic carbocycles. The number of carboxylic acids is 1. The minimum absolute atomic E-state index is 0.0470. The number of aromatic carboxylic acids is 1. The Balaban J connectivity index is 2.77. The highest BCUT2D eigenvalue weighted by molar-refractivity contribution is 5.91. The maximum Gasteiger partial charge on any atom is 0.339 e. The van der Waals surface area contributed by atoms with Gasteiger partial charge in [0.05, 0.1) is 19.6 Å². The summed E-state index contributed by atoms with van der Waals surface area (Å²) < 4.78 is 10.8. The molecule has 0 aliphatic heterocycles. The first-order valence-electron chi connectivity index (χ1n) is 6.42. The second kappa shape index (κ2) is 8.04.